The van der Waals surface area contributed by atoms with Gasteiger partial charge in [0.25, 0.3) is 11.4 Å². The van der Waals surface area contributed by atoms with Crippen LogP contribution in [0.2, 0.25) is 0 Å². The number of benzene rings is 4. The summed E-state index contributed by atoms with van der Waals surface area (Å²) < 4.78 is 58.6. The molecule has 0 aromatic heterocycles. The molecule has 0 radical (unpaired) electrons. The van der Waals surface area contributed by atoms with Crippen molar-refractivity contribution in [2.75, 3.05) is 0 Å². The molecule has 4 atom stereocenters. The van der Waals surface area contributed by atoms with Gasteiger partial charge in [-0.1, -0.05) is 36.4 Å². The van der Waals surface area contributed by atoms with Crippen molar-refractivity contribution < 1.29 is 56.1 Å². The van der Waals surface area contributed by atoms with Gasteiger partial charge in [0.05, 0.1) is 22.1 Å². The Morgan fingerprint density at radius 1 is 0.500 bits per heavy atom. The van der Waals surface area contributed by atoms with Crippen molar-refractivity contribution in [3.63, 3.8) is 0 Å². The average molecular weight is 817 g/mol. The van der Waals surface area contributed by atoms with Crippen molar-refractivity contribution in [1.82, 2.24) is 10.2 Å². The summed E-state index contributed by atoms with van der Waals surface area (Å²) in [5.74, 6) is -0.601. The maximum absolute atomic E-state index is 13.3. The van der Waals surface area contributed by atoms with Gasteiger partial charge < -0.3 is 27.6 Å². The Balaban J connectivity index is 0.000000300. The lowest BCUT2D eigenvalue weighted by molar-refractivity contribution is -0.385. The van der Waals surface area contributed by atoms with Crippen molar-refractivity contribution in [3.05, 3.63) is 129 Å². The van der Waals surface area contributed by atoms with E-state index in [9.17, 15) is 38.9 Å². The molecule has 4 rings (SSSR count). The highest BCUT2D eigenvalue weighted by Gasteiger charge is 2.35. The molecule has 4 aromatic rings. The summed E-state index contributed by atoms with van der Waals surface area (Å²) in [6.45, 7) is 9.70. The van der Waals surface area contributed by atoms with Gasteiger partial charge >= 0.3 is 27.4 Å². The van der Waals surface area contributed by atoms with E-state index < -0.39 is 49.4 Å². The maximum Gasteiger partial charge on any atom is 0.513 e. The molecule has 0 amide bonds. The zero-order valence-electron chi connectivity index (χ0n) is 31.2. The molecular weight excluding hydrogens is 774 g/mol. The molecule has 0 saturated heterocycles. The molecule has 0 fully saturated rings. The average Bonchev–Trinajstić information content (AvgIpc) is 3.12. The fourth-order valence-electron chi connectivity index (χ4n) is 4.17. The Morgan fingerprint density at radius 3 is 1.02 bits per heavy atom. The van der Waals surface area contributed by atoms with Gasteiger partial charge in [0.1, 0.15) is 35.1 Å². The van der Waals surface area contributed by atoms with E-state index in [1.807, 2.05) is 0 Å². The second-order valence-corrected chi connectivity index (χ2v) is 15.4. The number of nitrogens with one attached hydrogen (secondary N) is 2. The van der Waals surface area contributed by atoms with Crippen LogP contribution in [0.1, 0.15) is 41.5 Å². The minimum Gasteiger partial charge on any atom is -0.462 e. The minimum atomic E-state index is -4.08. The fourth-order valence-corrected chi connectivity index (χ4v) is 7.21. The Kier molecular flexibility index (Phi) is 16.5. The first-order chi connectivity index (χ1) is 26.4. The molecule has 0 saturated carbocycles. The first kappa shape index (κ1) is 44.6. The third-order valence-corrected chi connectivity index (χ3v) is 9.81. The Labute approximate surface area is 322 Å². The summed E-state index contributed by atoms with van der Waals surface area (Å²) in [5.41, 5.74) is -0.291. The van der Waals surface area contributed by atoms with Crippen LogP contribution in [-0.4, -0.2) is 46.1 Å². The second kappa shape index (κ2) is 20.8. The summed E-state index contributed by atoms with van der Waals surface area (Å²) >= 11 is 0. The van der Waals surface area contributed by atoms with E-state index in [2.05, 4.69) is 10.2 Å². The molecule has 56 heavy (non-hydrogen) atoms. The summed E-state index contributed by atoms with van der Waals surface area (Å²) in [6, 6.07) is 24.5. The minimum absolute atomic E-state index is 0.0711. The first-order valence-electron chi connectivity index (χ1n) is 16.9. The van der Waals surface area contributed by atoms with E-state index in [0.29, 0.717) is 0 Å². The molecule has 0 unspecified atom stereocenters. The van der Waals surface area contributed by atoms with Crippen LogP contribution < -0.4 is 28.3 Å². The van der Waals surface area contributed by atoms with Crippen molar-refractivity contribution in [1.29, 1.82) is 0 Å². The lowest BCUT2D eigenvalue weighted by Gasteiger charge is -2.23. The smallest absolute Gasteiger partial charge is 0.462 e. The molecule has 18 nitrogen and oxygen atoms in total. The number of para-hydroxylation sites is 2. The molecule has 4 aromatic carbocycles. The molecule has 0 aliphatic heterocycles. The van der Waals surface area contributed by atoms with Crippen molar-refractivity contribution in [3.8, 4) is 23.0 Å². The van der Waals surface area contributed by atoms with E-state index in [0.717, 1.165) is 0 Å². The second-order valence-electron chi connectivity index (χ2n) is 12.2. The number of non-ortho nitro benzene ring substituents is 2. The predicted octanol–water partition coefficient (Wildman–Crippen LogP) is 8.18. The lowest BCUT2D eigenvalue weighted by atomic mass is 10.3. The molecule has 0 heterocycles. The van der Waals surface area contributed by atoms with Gasteiger partial charge in [-0.05, 0) is 90.1 Å². The van der Waals surface area contributed by atoms with E-state index in [-0.39, 0.29) is 46.6 Å². The van der Waals surface area contributed by atoms with Crippen LogP contribution in [-0.2, 0) is 28.2 Å². The maximum atomic E-state index is 13.3. The zero-order valence-corrected chi connectivity index (χ0v) is 33.0. The number of rotatable bonds is 18. The first-order valence-corrected chi connectivity index (χ1v) is 20.0. The van der Waals surface area contributed by atoms with Crippen molar-refractivity contribution in [2.45, 2.75) is 65.8 Å². The van der Waals surface area contributed by atoms with Crippen LogP contribution in [0, 0.1) is 20.2 Å². The Morgan fingerprint density at radius 2 is 0.768 bits per heavy atom. The topological polar surface area (TPSA) is 234 Å². The van der Waals surface area contributed by atoms with Gasteiger partial charge in [-0.2, -0.15) is 10.2 Å². The van der Waals surface area contributed by atoms with Gasteiger partial charge in [-0.3, -0.25) is 29.8 Å². The Bertz CT molecular complexity index is 1860. The number of hydrogen-bond donors (Lipinski definition) is 2. The third-order valence-electron chi connectivity index (χ3n) is 6.60. The number of carbonyl (C=O) groups is 2. The molecule has 300 valence electrons. The lowest BCUT2D eigenvalue weighted by Crippen LogP contribution is -2.36. The number of nitro groups is 2. The number of esters is 2. The van der Waals surface area contributed by atoms with Gasteiger partial charge in [-0.25, -0.2) is 9.13 Å². The molecule has 0 bridgehead atoms. The SMILES string of the molecule is CC(C)OC(=O)[C@H](C)N[P@](=O)(Oc1ccccc1)Oc1ccc([N+](=O)[O-])cc1.CC(C)OC(=O)[C@H](C)N[P@](=O)(Oc1ccccc1)Oc1ccc([N+](=O)[O-])cc1. The summed E-state index contributed by atoms with van der Waals surface area (Å²) in [4.78, 5) is 44.5. The van der Waals surface area contributed by atoms with Gasteiger partial charge in [0.2, 0.25) is 0 Å². The zero-order chi connectivity index (χ0) is 41.5. The van der Waals surface area contributed by atoms with E-state index in [4.69, 9.17) is 27.6 Å². The largest absolute Gasteiger partial charge is 0.513 e. The molecule has 20 heteroatoms. The molecule has 2 N–H and O–H groups in total. The Hall–Kier alpha value is -5.80. The van der Waals surface area contributed by atoms with Crippen LogP contribution >= 0.6 is 15.5 Å². The van der Waals surface area contributed by atoms with E-state index >= 15 is 0 Å². The van der Waals surface area contributed by atoms with Crippen LogP contribution in [0.15, 0.2) is 109 Å². The van der Waals surface area contributed by atoms with Crippen LogP contribution in [0.5, 0.6) is 23.0 Å². The normalized spacial score (nSPS) is 14.0. The van der Waals surface area contributed by atoms with Gasteiger partial charge in [0.15, 0.2) is 0 Å². The van der Waals surface area contributed by atoms with Gasteiger partial charge in [0, 0.05) is 24.3 Å². The highest BCUT2D eigenvalue weighted by molar-refractivity contribution is 7.52. The number of carbonyl (C=O) groups excluding carboxylic acids is 2. The quantitative estimate of drug-likeness (QED) is 0.0417. The molecule has 0 aliphatic carbocycles. The van der Waals surface area contributed by atoms with Crippen LogP contribution in [0.3, 0.4) is 0 Å². The fraction of sp³-hybridized carbons (Fsp3) is 0.278. The van der Waals surface area contributed by atoms with Gasteiger partial charge in [-0.15, -0.1) is 0 Å². The number of ether oxygens (including phenoxy) is 2. The van der Waals surface area contributed by atoms with Crippen LogP contribution in [0.4, 0.5) is 11.4 Å². The monoisotopic (exact) mass is 816 g/mol. The predicted molar refractivity (Wildman–Crippen MR) is 204 cm³/mol. The summed E-state index contributed by atoms with van der Waals surface area (Å²) in [7, 11) is -8.15. The number of nitro benzene ring substituents is 2. The molecular formula is C36H42N4O14P2. The molecule has 0 spiro atoms. The summed E-state index contributed by atoms with van der Waals surface area (Å²) in [6.07, 6.45) is -0.691. The van der Waals surface area contributed by atoms with Crippen LogP contribution in [0.25, 0.3) is 0 Å². The van der Waals surface area contributed by atoms with Crippen molar-refractivity contribution in [2.24, 2.45) is 0 Å². The highest BCUT2D eigenvalue weighted by atomic mass is 31.2. The number of hydrogen-bond acceptors (Lipinski definition) is 14. The third kappa shape index (κ3) is 15.1. The van der Waals surface area contributed by atoms with E-state index in [1.165, 1.54) is 62.4 Å². The molecule has 0 aliphatic rings. The standard InChI is InChI=1S/2C18H21N2O7P/c2*1-13(2)25-18(21)14(3)19-28(24,26-16-7-5-4-6-8-16)27-17-11-9-15(10-12-17)20(22)23/h2*4-14H,1-3H3,(H,19,24)/t2*14-,28-/m00/s1. The highest BCUT2D eigenvalue weighted by Crippen LogP contribution is 2.46. The van der Waals surface area contributed by atoms with E-state index in [1.54, 1.807) is 88.4 Å². The summed E-state index contributed by atoms with van der Waals surface area (Å²) in [5, 5.41) is 26.6. The van der Waals surface area contributed by atoms with Crippen molar-refractivity contribution >= 4 is 38.8 Å². The number of nitrogens with zero attached hydrogens (tertiary/aromatic N) is 2.